The first kappa shape index (κ1) is 23.1. The molecule has 1 aliphatic rings. The van der Waals surface area contributed by atoms with E-state index in [1.54, 1.807) is 18.2 Å². The molecule has 1 aliphatic heterocycles. The Morgan fingerprint density at radius 1 is 1.06 bits per heavy atom. The fraction of sp³-hybridized carbons (Fsp3) is 0.0800. The summed E-state index contributed by atoms with van der Waals surface area (Å²) in [5.74, 6) is -0.802. The number of hydrazone groups is 1. The van der Waals surface area contributed by atoms with Crippen molar-refractivity contribution in [3.8, 4) is 34.0 Å². The first-order chi connectivity index (χ1) is 17.3. The number of hydrogen-bond acceptors (Lipinski definition) is 7. The molecule has 1 amide bonds. The van der Waals surface area contributed by atoms with Crippen molar-refractivity contribution < 1.29 is 23.4 Å². The highest BCUT2D eigenvalue weighted by atomic mass is 32.2. The van der Waals surface area contributed by atoms with E-state index >= 15 is 0 Å². The van der Waals surface area contributed by atoms with Crippen molar-refractivity contribution >= 4 is 27.8 Å². The molecule has 0 saturated carbocycles. The molecular weight excluding hydrogens is 482 g/mol. The highest BCUT2D eigenvalue weighted by Crippen LogP contribution is 2.47. The molecule has 0 saturated heterocycles. The van der Waals surface area contributed by atoms with E-state index in [9.17, 15) is 23.4 Å². The Bertz CT molecular complexity index is 1610. The number of carbonyl (C=O) groups is 1. The molecule has 0 aliphatic carbocycles. The van der Waals surface area contributed by atoms with E-state index in [1.165, 1.54) is 40.4 Å². The van der Waals surface area contributed by atoms with Crippen molar-refractivity contribution in [3.05, 3.63) is 78.4 Å². The molecule has 0 radical (unpaired) electrons. The Balaban J connectivity index is 1.53. The zero-order valence-electron chi connectivity index (χ0n) is 19.0. The number of sulfonamides is 1. The Kier molecular flexibility index (Phi) is 5.69. The summed E-state index contributed by atoms with van der Waals surface area (Å²) in [4.78, 5) is 12.9. The molecule has 11 heteroatoms. The van der Waals surface area contributed by atoms with Gasteiger partial charge in [0, 0.05) is 29.8 Å². The second-order valence-corrected chi connectivity index (χ2v) is 10.0. The minimum atomic E-state index is -3.82. The average molecular weight is 504 g/mol. The summed E-state index contributed by atoms with van der Waals surface area (Å²) in [5.41, 5.74) is 5.15. The Morgan fingerprint density at radius 3 is 2.53 bits per heavy atom. The van der Waals surface area contributed by atoms with Crippen LogP contribution in [0.1, 0.15) is 5.56 Å². The normalized spacial score (nSPS) is 13.9. The monoisotopic (exact) mass is 503 g/mol. The lowest BCUT2D eigenvalue weighted by Crippen LogP contribution is -2.31. The van der Waals surface area contributed by atoms with Crippen LogP contribution in [-0.4, -0.2) is 47.6 Å². The molecule has 0 unspecified atom stereocenters. The Hall–Kier alpha value is -4.64. The predicted molar refractivity (Wildman–Crippen MR) is 134 cm³/mol. The van der Waals surface area contributed by atoms with E-state index in [0.29, 0.717) is 33.8 Å². The highest BCUT2D eigenvalue weighted by molar-refractivity contribution is 7.93. The summed E-state index contributed by atoms with van der Waals surface area (Å²) < 4.78 is 29.2. The fourth-order valence-corrected chi connectivity index (χ4v) is 5.47. The number of anilines is 1. The predicted octanol–water partition coefficient (Wildman–Crippen LogP) is 2.92. The topological polar surface area (TPSA) is 137 Å². The van der Waals surface area contributed by atoms with Crippen LogP contribution in [-0.2, 0) is 21.4 Å². The van der Waals surface area contributed by atoms with Crippen LogP contribution < -0.4 is 9.73 Å². The maximum atomic E-state index is 13.3. The van der Waals surface area contributed by atoms with Crippen molar-refractivity contribution in [1.82, 2.24) is 15.2 Å². The van der Waals surface area contributed by atoms with E-state index in [4.69, 9.17) is 0 Å². The number of fused-ring (bicyclic) bond motifs is 3. The van der Waals surface area contributed by atoms with Crippen LogP contribution in [0.4, 0.5) is 5.69 Å². The molecule has 4 aromatic rings. The first-order valence-electron chi connectivity index (χ1n) is 10.9. The van der Waals surface area contributed by atoms with Gasteiger partial charge in [-0.1, -0.05) is 48.5 Å². The summed E-state index contributed by atoms with van der Waals surface area (Å²) in [5, 5.41) is 27.8. The molecule has 3 N–H and O–H groups in total. The molecule has 0 atom stereocenters. The van der Waals surface area contributed by atoms with Gasteiger partial charge in [-0.15, -0.1) is 0 Å². The molecule has 3 aromatic carbocycles. The fourth-order valence-electron chi connectivity index (χ4n) is 4.06. The highest BCUT2D eigenvalue weighted by Gasteiger charge is 2.38. The van der Waals surface area contributed by atoms with Crippen LogP contribution in [0.5, 0.6) is 11.5 Å². The standard InChI is InChI=1S/C25H21N5O5S/c1-29-25-23(16-7-3-2-4-8-16)28-30(24(25)19-9-5-6-10-21(19)36(29,34)35)15-22(33)27-26-14-17-11-12-18(31)13-20(17)32/h2-14,31-32H,15H2,1H3,(H,27,33)/b26-14+. The molecule has 2 heterocycles. The number of phenols is 2. The van der Waals surface area contributed by atoms with Crippen LogP contribution in [0.25, 0.3) is 22.5 Å². The van der Waals surface area contributed by atoms with Gasteiger partial charge in [-0.25, -0.2) is 13.8 Å². The summed E-state index contributed by atoms with van der Waals surface area (Å²) in [7, 11) is -2.35. The molecule has 36 heavy (non-hydrogen) atoms. The number of hydrogen-bond donors (Lipinski definition) is 3. The van der Waals surface area contributed by atoms with Gasteiger partial charge < -0.3 is 10.2 Å². The third-order valence-electron chi connectivity index (χ3n) is 5.77. The minimum absolute atomic E-state index is 0.0985. The Labute approximate surface area is 206 Å². The van der Waals surface area contributed by atoms with Gasteiger partial charge in [0.2, 0.25) is 0 Å². The van der Waals surface area contributed by atoms with Gasteiger partial charge in [0.05, 0.1) is 16.8 Å². The molecule has 0 fully saturated rings. The lowest BCUT2D eigenvalue weighted by Gasteiger charge is -2.27. The van der Waals surface area contributed by atoms with Gasteiger partial charge in [0.1, 0.15) is 29.4 Å². The van der Waals surface area contributed by atoms with Gasteiger partial charge >= 0.3 is 0 Å². The van der Waals surface area contributed by atoms with Crippen molar-refractivity contribution in [2.75, 3.05) is 11.4 Å². The van der Waals surface area contributed by atoms with E-state index < -0.39 is 15.9 Å². The largest absolute Gasteiger partial charge is 0.508 e. The summed E-state index contributed by atoms with van der Waals surface area (Å²) in [6.45, 7) is -0.240. The van der Waals surface area contributed by atoms with Gasteiger partial charge in [0.15, 0.2) is 0 Å². The second-order valence-electron chi connectivity index (χ2n) is 8.07. The smallest absolute Gasteiger partial charge is 0.264 e. The van der Waals surface area contributed by atoms with Gasteiger partial charge in [-0.2, -0.15) is 10.2 Å². The maximum Gasteiger partial charge on any atom is 0.264 e. The number of amides is 1. The zero-order chi connectivity index (χ0) is 25.4. The van der Waals surface area contributed by atoms with Crippen LogP contribution in [0.2, 0.25) is 0 Å². The minimum Gasteiger partial charge on any atom is -0.508 e. The molecule has 10 nitrogen and oxygen atoms in total. The van der Waals surface area contributed by atoms with Crippen LogP contribution in [0.15, 0.2) is 82.8 Å². The van der Waals surface area contributed by atoms with Gasteiger partial charge in [-0.05, 0) is 18.2 Å². The van der Waals surface area contributed by atoms with E-state index in [0.717, 1.165) is 6.07 Å². The molecule has 0 bridgehead atoms. The number of aromatic hydroxyl groups is 2. The lowest BCUT2D eigenvalue weighted by atomic mass is 10.1. The van der Waals surface area contributed by atoms with Crippen molar-refractivity contribution in [2.24, 2.45) is 5.10 Å². The molecule has 5 rings (SSSR count). The third-order valence-corrected chi connectivity index (χ3v) is 7.59. The molecule has 182 valence electrons. The summed E-state index contributed by atoms with van der Waals surface area (Å²) in [6, 6.07) is 19.7. The van der Waals surface area contributed by atoms with E-state index in [2.05, 4.69) is 15.6 Å². The number of aromatic nitrogens is 2. The van der Waals surface area contributed by atoms with Crippen molar-refractivity contribution in [2.45, 2.75) is 11.4 Å². The van der Waals surface area contributed by atoms with Crippen molar-refractivity contribution in [3.63, 3.8) is 0 Å². The van der Waals surface area contributed by atoms with Crippen LogP contribution >= 0.6 is 0 Å². The first-order valence-corrected chi connectivity index (χ1v) is 12.3. The zero-order valence-corrected chi connectivity index (χ0v) is 19.8. The summed E-state index contributed by atoms with van der Waals surface area (Å²) >= 11 is 0. The van der Waals surface area contributed by atoms with Crippen LogP contribution in [0.3, 0.4) is 0 Å². The Morgan fingerprint density at radius 2 is 1.78 bits per heavy atom. The summed E-state index contributed by atoms with van der Waals surface area (Å²) in [6.07, 6.45) is 1.25. The lowest BCUT2D eigenvalue weighted by molar-refractivity contribution is -0.121. The third kappa shape index (κ3) is 3.95. The second kappa shape index (κ2) is 8.86. The number of benzene rings is 3. The molecule has 0 spiro atoms. The maximum absolute atomic E-state index is 13.3. The SMILES string of the molecule is CN1c2c(-c3ccccc3)nn(CC(=O)N/N=C/c3ccc(O)cc3O)c2-c2ccccc2S1(=O)=O. The number of nitrogens with one attached hydrogen (secondary N) is 1. The number of nitrogens with zero attached hydrogens (tertiary/aromatic N) is 4. The quantitative estimate of drug-likeness (QED) is 0.283. The van der Waals surface area contributed by atoms with Crippen molar-refractivity contribution in [1.29, 1.82) is 0 Å². The molecule has 1 aromatic heterocycles. The molecular formula is C25H21N5O5S. The van der Waals surface area contributed by atoms with Gasteiger partial charge in [0.25, 0.3) is 15.9 Å². The average Bonchev–Trinajstić information content (AvgIpc) is 3.23. The van der Waals surface area contributed by atoms with Gasteiger partial charge in [-0.3, -0.25) is 13.8 Å². The number of rotatable bonds is 5. The van der Waals surface area contributed by atoms with E-state index in [-0.39, 0.29) is 22.9 Å². The number of carbonyl (C=O) groups excluding carboxylic acids is 1. The van der Waals surface area contributed by atoms with Crippen LogP contribution in [0, 0.1) is 0 Å². The number of phenolic OH excluding ortho intramolecular Hbond substituents is 2. The van der Waals surface area contributed by atoms with E-state index in [1.807, 2.05) is 30.3 Å².